The number of ketones is 1. The van der Waals surface area contributed by atoms with Crippen LogP contribution in [0.3, 0.4) is 0 Å². The van der Waals surface area contributed by atoms with E-state index in [1.165, 1.54) is 11.3 Å². The summed E-state index contributed by atoms with van der Waals surface area (Å²) < 4.78 is 0.740. The zero-order valence-corrected chi connectivity index (χ0v) is 23.4. The van der Waals surface area contributed by atoms with Crippen LogP contribution in [0.15, 0.2) is 36.4 Å². The summed E-state index contributed by atoms with van der Waals surface area (Å²) in [6, 6.07) is 3.81. The molecule has 1 aromatic heterocycles. The van der Waals surface area contributed by atoms with E-state index in [-0.39, 0.29) is 61.7 Å². The number of rotatable bonds is 12. The molecule has 1 radical (unpaired) electrons. The fraction of sp³-hybridized carbons (Fsp3) is 0.591. The minimum absolute atomic E-state index is 0. The Kier molecular flexibility index (Phi) is 14.5. The molecule has 3 unspecified atom stereocenters. The van der Waals surface area contributed by atoms with Crippen LogP contribution in [0.5, 0.6) is 0 Å². The monoisotopic (exact) mass is 669 g/mol. The molecule has 1 aliphatic rings. The molecule has 0 aromatic carbocycles. The molecule has 0 aliphatic heterocycles. The quantitative estimate of drug-likeness (QED) is 0.203. The summed E-state index contributed by atoms with van der Waals surface area (Å²) in [5.74, 6) is -0.449. The van der Waals surface area contributed by atoms with Crippen molar-refractivity contribution in [3.05, 3.63) is 45.7 Å². The molecule has 2 rings (SSSR count). The Balaban J connectivity index is 0.00000450. The first kappa shape index (κ1) is 28.5. The average molecular weight is 670 g/mol. The Morgan fingerprint density at radius 3 is 2.70 bits per heavy atom. The molecule has 0 amide bonds. The van der Waals surface area contributed by atoms with Gasteiger partial charge >= 0.3 is 0 Å². The SMILES string of the molecule is O=C(CO)CCC/C=C\C[C@H]1C(O)CC(O)[C@@H]1/C=C/C(O)CCc1ccc(Cl)s1.[Ac]. The van der Waals surface area contributed by atoms with Gasteiger partial charge in [0.05, 0.1) is 22.6 Å². The van der Waals surface area contributed by atoms with Gasteiger partial charge in [-0.3, -0.25) is 4.79 Å². The van der Waals surface area contributed by atoms with Crippen LogP contribution in [0, 0.1) is 55.9 Å². The minimum Gasteiger partial charge on any atom is -0.393 e. The predicted molar refractivity (Wildman–Crippen MR) is 116 cm³/mol. The van der Waals surface area contributed by atoms with Crippen molar-refractivity contribution in [1.29, 1.82) is 0 Å². The van der Waals surface area contributed by atoms with Crippen molar-refractivity contribution in [2.24, 2.45) is 11.8 Å². The van der Waals surface area contributed by atoms with E-state index in [2.05, 4.69) is 0 Å². The van der Waals surface area contributed by atoms with Crippen molar-refractivity contribution < 1.29 is 69.3 Å². The minimum atomic E-state index is -0.620. The fourth-order valence-electron chi connectivity index (χ4n) is 3.70. The summed E-state index contributed by atoms with van der Waals surface area (Å²) in [5.41, 5.74) is 0. The Bertz CT molecular complexity index is 693. The van der Waals surface area contributed by atoms with Gasteiger partial charge in [-0.2, -0.15) is 0 Å². The molecule has 4 N–H and O–H groups in total. The second kappa shape index (κ2) is 15.3. The fourth-order valence-corrected chi connectivity index (χ4v) is 4.81. The van der Waals surface area contributed by atoms with Gasteiger partial charge in [0.2, 0.25) is 0 Å². The van der Waals surface area contributed by atoms with Crippen molar-refractivity contribution in [1.82, 2.24) is 0 Å². The number of carbonyl (C=O) groups excluding carboxylic acids is 1. The van der Waals surface area contributed by atoms with Gasteiger partial charge in [-0.25, -0.2) is 0 Å². The van der Waals surface area contributed by atoms with E-state index in [0.717, 1.165) is 22.1 Å². The van der Waals surface area contributed by atoms with Crippen LogP contribution >= 0.6 is 22.9 Å². The standard InChI is InChI=1S/C22H31ClO5S.Ac/c23-22-12-10-17(29-22)9-7-15(25)8-11-19-18(20(27)13-21(19)28)6-4-2-1-3-5-16(26)14-24;/h2,4,8,10-12,15,18-21,24-25,27-28H,1,3,5-7,9,13-14H2;/b4-2-,11-8+;/t15?,18-,19-,20?,21?;/m1./s1. The molecule has 0 saturated heterocycles. The number of unbranched alkanes of at least 4 members (excludes halogenated alkanes) is 1. The number of aryl methyl sites for hydroxylation is 1. The zero-order valence-electron chi connectivity index (χ0n) is 17.1. The number of allylic oxidation sites excluding steroid dienone is 2. The number of aliphatic hydroxyl groups is 4. The molecule has 165 valence electrons. The number of thiophene rings is 1. The second-order valence-electron chi connectivity index (χ2n) is 7.60. The number of aliphatic hydroxyl groups excluding tert-OH is 4. The maximum Gasteiger partial charge on any atom is 0.158 e. The van der Waals surface area contributed by atoms with E-state index in [1.807, 2.05) is 30.4 Å². The molecule has 1 saturated carbocycles. The number of Topliss-reactive ketones (excluding diaryl/α,β-unsaturated/α-hetero) is 1. The van der Waals surface area contributed by atoms with Gasteiger partial charge < -0.3 is 20.4 Å². The number of hydrogen-bond acceptors (Lipinski definition) is 6. The smallest absolute Gasteiger partial charge is 0.158 e. The van der Waals surface area contributed by atoms with Crippen LogP contribution < -0.4 is 0 Å². The van der Waals surface area contributed by atoms with Crippen LogP contribution in [-0.2, 0) is 11.2 Å². The summed E-state index contributed by atoms with van der Waals surface area (Å²) in [6.07, 6.45) is 9.79. The predicted octanol–water partition coefficient (Wildman–Crippen LogP) is 3.29. The molecule has 5 nitrogen and oxygen atoms in total. The summed E-state index contributed by atoms with van der Waals surface area (Å²) in [4.78, 5) is 12.2. The number of carbonyl (C=O) groups is 1. The third kappa shape index (κ3) is 9.92. The first-order chi connectivity index (χ1) is 13.9. The Morgan fingerprint density at radius 2 is 2.03 bits per heavy atom. The van der Waals surface area contributed by atoms with Crippen molar-refractivity contribution in [3.63, 3.8) is 0 Å². The van der Waals surface area contributed by atoms with Crippen LogP contribution in [-0.4, -0.2) is 51.1 Å². The Hall–Kier alpha value is 0.422. The molecule has 0 spiro atoms. The Labute approximate surface area is 223 Å². The summed E-state index contributed by atoms with van der Waals surface area (Å²) in [7, 11) is 0. The second-order valence-corrected chi connectivity index (χ2v) is 9.40. The molecule has 5 atom stereocenters. The van der Waals surface area contributed by atoms with Gasteiger partial charge in [0.25, 0.3) is 0 Å². The van der Waals surface area contributed by atoms with E-state index in [4.69, 9.17) is 16.7 Å². The average Bonchev–Trinajstić information content (AvgIpc) is 3.23. The largest absolute Gasteiger partial charge is 0.393 e. The van der Waals surface area contributed by atoms with Crippen molar-refractivity contribution in [3.8, 4) is 0 Å². The maximum absolute atomic E-state index is 11.1. The van der Waals surface area contributed by atoms with Crippen molar-refractivity contribution in [2.75, 3.05) is 6.61 Å². The van der Waals surface area contributed by atoms with Crippen LogP contribution in [0.25, 0.3) is 0 Å². The topological polar surface area (TPSA) is 98.0 Å². The zero-order chi connectivity index (χ0) is 21.2. The van der Waals surface area contributed by atoms with Gasteiger partial charge in [-0.05, 0) is 50.2 Å². The van der Waals surface area contributed by atoms with Gasteiger partial charge in [-0.15, -0.1) is 11.3 Å². The molecule has 1 aromatic rings. The van der Waals surface area contributed by atoms with E-state index in [1.54, 1.807) is 6.08 Å². The summed E-state index contributed by atoms with van der Waals surface area (Å²) >= 11 is 7.43. The van der Waals surface area contributed by atoms with Crippen LogP contribution in [0.1, 0.15) is 43.4 Å². The molecular weight excluding hydrogens is 639 g/mol. The maximum atomic E-state index is 11.1. The van der Waals surface area contributed by atoms with Crippen molar-refractivity contribution in [2.45, 2.75) is 63.3 Å². The van der Waals surface area contributed by atoms with Gasteiger partial charge in [0, 0.05) is 67.7 Å². The third-order valence-corrected chi connectivity index (χ3v) is 6.66. The normalized spacial score (nSPS) is 25.1. The van der Waals surface area contributed by atoms with Crippen molar-refractivity contribution >= 4 is 28.7 Å². The van der Waals surface area contributed by atoms with E-state index < -0.39 is 24.9 Å². The molecule has 1 aliphatic carbocycles. The van der Waals surface area contributed by atoms with Crippen LogP contribution in [0.4, 0.5) is 0 Å². The third-order valence-electron chi connectivity index (χ3n) is 5.36. The molecular formula is C22H31AcClO5S. The molecule has 30 heavy (non-hydrogen) atoms. The summed E-state index contributed by atoms with van der Waals surface area (Å²) in [5, 5.41) is 39.5. The summed E-state index contributed by atoms with van der Waals surface area (Å²) in [6.45, 7) is -0.406. The number of hydrogen-bond donors (Lipinski definition) is 4. The van der Waals surface area contributed by atoms with Crippen LogP contribution in [0.2, 0.25) is 4.34 Å². The Morgan fingerprint density at radius 1 is 1.27 bits per heavy atom. The van der Waals surface area contributed by atoms with Gasteiger partial charge in [0.1, 0.15) is 6.61 Å². The molecule has 1 fully saturated rings. The molecule has 8 heteroatoms. The van der Waals surface area contributed by atoms with E-state index in [9.17, 15) is 20.1 Å². The number of halogens is 1. The molecule has 1 heterocycles. The van der Waals surface area contributed by atoms with E-state index >= 15 is 0 Å². The van der Waals surface area contributed by atoms with Gasteiger partial charge in [-0.1, -0.05) is 35.9 Å². The first-order valence-corrected chi connectivity index (χ1v) is 11.3. The first-order valence-electron chi connectivity index (χ1n) is 10.1. The molecule has 0 bridgehead atoms. The van der Waals surface area contributed by atoms with Gasteiger partial charge in [0.15, 0.2) is 5.78 Å². The van der Waals surface area contributed by atoms with E-state index in [0.29, 0.717) is 32.1 Å².